The van der Waals surface area contributed by atoms with Crippen molar-refractivity contribution in [2.45, 2.75) is 25.8 Å². The van der Waals surface area contributed by atoms with E-state index in [2.05, 4.69) is 5.32 Å². The van der Waals surface area contributed by atoms with Gasteiger partial charge in [-0.1, -0.05) is 30.3 Å². The van der Waals surface area contributed by atoms with Crippen LogP contribution < -0.4 is 11.1 Å². The summed E-state index contributed by atoms with van der Waals surface area (Å²) in [5, 5.41) is 2.65. The fraction of sp³-hybridized carbons (Fsp3) is 0.467. The highest BCUT2D eigenvalue weighted by molar-refractivity contribution is 5.87. The molecule has 0 saturated heterocycles. The Kier molecular flexibility index (Phi) is 6.73. The number of hydrogen-bond donors (Lipinski definition) is 2. The SMILES string of the molecule is CCNC(=O)CN(C)C(=O)C(N)CCc1ccccc1. The number of carbonyl (C=O) groups excluding carboxylic acids is 2. The van der Waals surface area contributed by atoms with Crippen LogP contribution in [0.15, 0.2) is 30.3 Å². The molecule has 110 valence electrons. The van der Waals surface area contributed by atoms with Gasteiger partial charge >= 0.3 is 0 Å². The van der Waals surface area contributed by atoms with Crippen LogP contribution in [0, 0.1) is 0 Å². The number of nitrogens with one attached hydrogen (secondary N) is 1. The van der Waals surface area contributed by atoms with Gasteiger partial charge in [-0.2, -0.15) is 0 Å². The van der Waals surface area contributed by atoms with E-state index in [-0.39, 0.29) is 18.4 Å². The predicted molar refractivity (Wildman–Crippen MR) is 79.1 cm³/mol. The molecular weight excluding hydrogens is 254 g/mol. The van der Waals surface area contributed by atoms with Gasteiger partial charge in [-0.15, -0.1) is 0 Å². The minimum absolute atomic E-state index is 0.0473. The maximum Gasteiger partial charge on any atom is 0.239 e. The standard InChI is InChI=1S/C15H23N3O2/c1-3-17-14(19)11-18(2)15(20)13(16)10-9-12-7-5-4-6-8-12/h4-8,13H,3,9-11,16H2,1-2H3,(H,17,19). The lowest BCUT2D eigenvalue weighted by atomic mass is 10.1. The molecule has 1 rings (SSSR count). The Morgan fingerprint density at radius 3 is 2.55 bits per heavy atom. The van der Waals surface area contributed by atoms with Crippen molar-refractivity contribution in [3.8, 4) is 0 Å². The van der Waals surface area contributed by atoms with Crippen molar-refractivity contribution in [1.29, 1.82) is 0 Å². The third-order valence-electron chi connectivity index (χ3n) is 3.03. The Morgan fingerprint density at radius 2 is 1.95 bits per heavy atom. The van der Waals surface area contributed by atoms with Gasteiger partial charge in [0.15, 0.2) is 0 Å². The minimum atomic E-state index is -0.574. The second-order valence-corrected chi connectivity index (χ2v) is 4.78. The maximum atomic E-state index is 12.0. The van der Waals surface area contributed by atoms with Gasteiger partial charge in [0.25, 0.3) is 0 Å². The summed E-state index contributed by atoms with van der Waals surface area (Å²) in [6, 6.07) is 9.32. The number of nitrogens with two attached hydrogens (primary N) is 1. The lowest BCUT2D eigenvalue weighted by molar-refractivity contribution is -0.135. The van der Waals surface area contributed by atoms with Gasteiger partial charge in [0.1, 0.15) is 0 Å². The van der Waals surface area contributed by atoms with Gasteiger partial charge in [-0.3, -0.25) is 9.59 Å². The summed E-state index contributed by atoms with van der Waals surface area (Å²) in [5.41, 5.74) is 7.05. The first kappa shape index (κ1) is 16.2. The molecule has 0 aromatic heterocycles. The summed E-state index contributed by atoms with van der Waals surface area (Å²) in [6.45, 7) is 2.44. The molecule has 2 amide bonds. The van der Waals surface area contributed by atoms with Gasteiger partial charge in [-0.05, 0) is 25.3 Å². The fourth-order valence-electron chi connectivity index (χ4n) is 1.92. The van der Waals surface area contributed by atoms with Crippen LogP contribution in [0.25, 0.3) is 0 Å². The second kappa shape index (κ2) is 8.32. The number of rotatable bonds is 7. The zero-order valence-electron chi connectivity index (χ0n) is 12.1. The molecular formula is C15H23N3O2. The summed E-state index contributed by atoms with van der Waals surface area (Å²) in [4.78, 5) is 24.8. The first-order chi connectivity index (χ1) is 9.54. The van der Waals surface area contributed by atoms with E-state index in [0.717, 1.165) is 12.0 Å². The van der Waals surface area contributed by atoms with Crippen LogP contribution in [0.3, 0.4) is 0 Å². The van der Waals surface area contributed by atoms with E-state index in [0.29, 0.717) is 13.0 Å². The van der Waals surface area contributed by atoms with Crippen LogP contribution in [0.2, 0.25) is 0 Å². The maximum absolute atomic E-state index is 12.0. The van der Waals surface area contributed by atoms with E-state index in [1.165, 1.54) is 4.90 Å². The number of likely N-dealkylation sites (N-methyl/N-ethyl adjacent to an activating group) is 2. The summed E-state index contributed by atoms with van der Waals surface area (Å²) in [5.74, 6) is -0.370. The van der Waals surface area contributed by atoms with Gasteiger partial charge in [0.05, 0.1) is 12.6 Å². The molecule has 1 unspecified atom stereocenters. The zero-order chi connectivity index (χ0) is 15.0. The molecule has 0 aliphatic carbocycles. The number of nitrogens with zero attached hydrogens (tertiary/aromatic N) is 1. The highest BCUT2D eigenvalue weighted by Crippen LogP contribution is 2.05. The molecule has 0 bridgehead atoms. The van der Waals surface area contributed by atoms with Crippen LogP contribution in [-0.2, 0) is 16.0 Å². The number of carbonyl (C=O) groups is 2. The minimum Gasteiger partial charge on any atom is -0.355 e. The van der Waals surface area contributed by atoms with Gasteiger partial charge in [0.2, 0.25) is 11.8 Å². The Balaban J connectivity index is 2.40. The van der Waals surface area contributed by atoms with Gasteiger partial charge < -0.3 is 16.0 Å². The predicted octanol–water partition coefficient (Wildman–Crippen LogP) is 0.541. The van der Waals surface area contributed by atoms with Crippen LogP contribution in [0.1, 0.15) is 18.9 Å². The molecule has 1 aromatic carbocycles. The molecule has 20 heavy (non-hydrogen) atoms. The van der Waals surface area contributed by atoms with Crippen molar-refractivity contribution in [2.75, 3.05) is 20.1 Å². The lowest BCUT2D eigenvalue weighted by Crippen LogP contribution is -2.46. The van der Waals surface area contributed by atoms with E-state index in [4.69, 9.17) is 5.73 Å². The van der Waals surface area contributed by atoms with E-state index in [9.17, 15) is 9.59 Å². The smallest absolute Gasteiger partial charge is 0.239 e. The van der Waals surface area contributed by atoms with Crippen LogP contribution in [-0.4, -0.2) is 42.9 Å². The molecule has 0 fully saturated rings. The zero-order valence-corrected chi connectivity index (χ0v) is 12.1. The number of hydrogen-bond acceptors (Lipinski definition) is 3. The number of amides is 2. The Bertz CT molecular complexity index is 434. The molecule has 0 radical (unpaired) electrons. The van der Waals surface area contributed by atoms with Crippen molar-refractivity contribution in [2.24, 2.45) is 5.73 Å². The van der Waals surface area contributed by atoms with E-state index < -0.39 is 6.04 Å². The summed E-state index contributed by atoms with van der Waals surface area (Å²) < 4.78 is 0. The largest absolute Gasteiger partial charge is 0.355 e. The highest BCUT2D eigenvalue weighted by atomic mass is 16.2. The Morgan fingerprint density at radius 1 is 1.30 bits per heavy atom. The monoisotopic (exact) mass is 277 g/mol. The average Bonchev–Trinajstić information content (AvgIpc) is 2.45. The number of aryl methyl sites for hydroxylation is 1. The van der Waals surface area contributed by atoms with Crippen LogP contribution in [0.4, 0.5) is 0 Å². The van der Waals surface area contributed by atoms with Gasteiger partial charge in [0, 0.05) is 13.6 Å². The van der Waals surface area contributed by atoms with E-state index >= 15 is 0 Å². The lowest BCUT2D eigenvalue weighted by Gasteiger charge is -2.20. The molecule has 0 spiro atoms. The first-order valence-electron chi connectivity index (χ1n) is 6.85. The van der Waals surface area contributed by atoms with Crippen molar-refractivity contribution in [1.82, 2.24) is 10.2 Å². The molecule has 5 nitrogen and oxygen atoms in total. The molecule has 0 aliphatic rings. The third-order valence-corrected chi connectivity index (χ3v) is 3.03. The first-order valence-corrected chi connectivity index (χ1v) is 6.85. The normalized spacial score (nSPS) is 11.8. The summed E-state index contributed by atoms with van der Waals surface area (Å²) in [7, 11) is 1.60. The Hall–Kier alpha value is -1.88. The third kappa shape index (κ3) is 5.40. The van der Waals surface area contributed by atoms with Crippen molar-refractivity contribution >= 4 is 11.8 Å². The van der Waals surface area contributed by atoms with Crippen molar-refractivity contribution in [3.05, 3.63) is 35.9 Å². The van der Waals surface area contributed by atoms with Crippen LogP contribution in [0.5, 0.6) is 0 Å². The van der Waals surface area contributed by atoms with Crippen molar-refractivity contribution in [3.63, 3.8) is 0 Å². The molecule has 0 heterocycles. The Labute approximate surface area is 120 Å². The molecule has 0 saturated carbocycles. The average molecular weight is 277 g/mol. The van der Waals surface area contributed by atoms with Crippen molar-refractivity contribution < 1.29 is 9.59 Å². The topological polar surface area (TPSA) is 75.4 Å². The van der Waals surface area contributed by atoms with E-state index in [1.54, 1.807) is 7.05 Å². The second-order valence-electron chi connectivity index (χ2n) is 4.78. The van der Waals surface area contributed by atoms with E-state index in [1.807, 2.05) is 37.3 Å². The molecule has 5 heteroatoms. The highest BCUT2D eigenvalue weighted by Gasteiger charge is 2.19. The number of benzene rings is 1. The van der Waals surface area contributed by atoms with Crippen LogP contribution >= 0.6 is 0 Å². The molecule has 0 aliphatic heterocycles. The molecule has 3 N–H and O–H groups in total. The summed E-state index contributed by atoms with van der Waals surface area (Å²) >= 11 is 0. The quantitative estimate of drug-likeness (QED) is 0.764. The fourth-order valence-corrected chi connectivity index (χ4v) is 1.92. The molecule has 1 aromatic rings. The summed E-state index contributed by atoms with van der Waals surface area (Å²) in [6.07, 6.45) is 1.32. The van der Waals surface area contributed by atoms with Gasteiger partial charge in [-0.25, -0.2) is 0 Å². The molecule has 1 atom stereocenters.